The lowest BCUT2D eigenvalue weighted by Crippen LogP contribution is -2.39. The topological polar surface area (TPSA) is 86.8 Å². The number of likely N-dealkylation sites (tertiary alicyclic amines) is 1. The number of hydrogen-bond donors (Lipinski definition) is 1. The summed E-state index contributed by atoms with van der Waals surface area (Å²) >= 11 is 0. The first-order valence-corrected chi connectivity index (χ1v) is 9.82. The van der Waals surface area contributed by atoms with Gasteiger partial charge in [0.25, 0.3) is 0 Å². The van der Waals surface area contributed by atoms with Crippen molar-refractivity contribution in [2.24, 2.45) is 0 Å². The molecular formula is C17H25N3O4S. The van der Waals surface area contributed by atoms with E-state index in [-0.39, 0.29) is 23.3 Å². The third-order valence-electron chi connectivity index (χ3n) is 4.19. The second-order valence-corrected chi connectivity index (χ2v) is 8.31. The van der Waals surface area contributed by atoms with Crippen molar-refractivity contribution in [3.8, 4) is 0 Å². The lowest BCUT2D eigenvalue weighted by atomic mass is 10.2. The molecule has 1 fully saturated rings. The molecule has 138 valence electrons. The molecule has 0 unspecified atom stereocenters. The quantitative estimate of drug-likeness (QED) is 0.687. The van der Waals surface area contributed by atoms with Crippen LogP contribution < -0.4 is 5.32 Å². The molecule has 0 radical (unpaired) electrons. The molecule has 1 aliphatic heterocycles. The van der Waals surface area contributed by atoms with Crippen molar-refractivity contribution in [1.82, 2.24) is 14.5 Å². The molecule has 0 atom stereocenters. The van der Waals surface area contributed by atoms with Gasteiger partial charge in [-0.05, 0) is 31.9 Å². The lowest BCUT2D eigenvalue weighted by Gasteiger charge is -2.18. The predicted octanol–water partition coefficient (Wildman–Crippen LogP) is 0.744. The number of carbonyl (C=O) groups is 2. The third-order valence-corrected chi connectivity index (χ3v) is 6.01. The van der Waals surface area contributed by atoms with E-state index in [1.165, 1.54) is 19.2 Å². The summed E-state index contributed by atoms with van der Waals surface area (Å²) in [4.78, 5) is 25.4. The van der Waals surface area contributed by atoms with Crippen molar-refractivity contribution in [2.75, 3.05) is 33.2 Å². The number of benzene rings is 1. The van der Waals surface area contributed by atoms with Crippen molar-refractivity contribution in [3.05, 3.63) is 29.8 Å². The van der Waals surface area contributed by atoms with E-state index in [9.17, 15) is 18.0 Å². The Bertz CT molecular complexity index is 716. The highest BCUT2D eigenvalue weighted by molar-refractivity contribution is 7.89. The first-order valence-electron chi connectivity index (χ1n) is 8.38. The molecule has 1 N–H and O–H groups in total. The van der Waals surface area contributed by atoms with Gasteiger partial charge >= 0.3 is 0 Å². The molecule has 0 aliphatic carbocycles. The number of hydrogen-bond acceptors (Lipinski definition) is 4. The number of likely N-dealkylation sites (N-methyl/N-ethyl adjacent to an activating group) is 1. The van der Waals surface area contributed by atoms with Gasteiger partial charge in [-0.25, -0.2) is 8.42 Å². The summed E-state index contributed by atoms with van der Waals surface area (Å²) in [5.74, 6) is -0.193. The van der Waals surface area contributed by atoms with Crippen molar-refractivity contribution < 1.29 is 18.0 Å². The van der Waals surface area contributed by atoms with Gasteiger partial charge in [0.2, 0.25) is 21.8 Å². The molecule has 1 aromatic rings. The first-order chi connectivity index (χ1) is 11.8. The Morgan fingerprint density at radius 2 is 1.96 bits per heavy atom. The zero-order chi connectivity index (χ0) is 18.4. The molecule has 0 spiro atoms. The SMILES string of the molecule is Cc1ccc(S(=O)(=O)N(C)CC(=O)NCCCN2CCCC2=O)cc1. The van der Waals surface area contributed by atoms with E-state index < -0.39 is 10.0 Å². The second kappa shape index (κ2) is 8.44. The summed E-state index contributed by atoms with van der Waals surface area (Å²) in [7, 11) is -2.30. The Morgan fingerprint density at radius 1 is 1.28 bits per heavy atom. The lowest BCUT2D eigenvalue weighted by molar-refractivity contribution is -0.127. The standard InChI is InChI=1S/C17H25N3O4S/c1-14-6-8-15(9-7-14)25(23,24)19(2)13-16(21)18-10-4-12-20-11-3-5-17(20)22/h6-9H,3-5,10-13H2,1-2H3,(H,18,21). The number of nitrogens with zero attached hydrogens (tertiary/aromatic N) is 2. The molecular weight excluding hydrogens is 342 g/mol. The fourth-order valence-electron chi connectivity index (χ4n) is 2.67. The van der Waals surface area contributed by atoms with Gasteiger partial charge in [0.1, 0.15) is 0 Å². The summed E-state index contributed by atoms with van der Waals surface area (Å²) in [5.41, 5.74) is 0.968. The molecule has 0 bridgehead atoms. The fourth-order valence-corrected chi connectivity index (χ4v) is 3.80. The molecule has 0 aromatic heterocycles. The Kier molecular flexibility index (Phi) is 6.55. The fraction of sp³-hybridized carbons (Fsp3) is 0.529. The van der Waals surface area contributed by atoms with Crippen molar-refractivity contribution in [2.45, 2.75) is 31.1 Å². The van der Waals surface area contributed by atoms with Crippen LogP contribution in [-0.2, 0) is 19.6 Å². The number of nitrogens with one attached hydrogen (secondary N) is 1. The summed E-state index contributed by atoms with van der Waals surface area (Å²) in [6, 6.07) is 6.51. The molecule has 2 amide bonds. The maximum atomic E-state index is 12.4. The molecule has 0 saturated carbocycles. The minimum atomic E-state index is -3.68. The van der Waals surface area contributed by atoms with Gasteiger partial charge in [-0.1, -0.05) is 17.7 Å². The van der Waals surface area contributed by atoms with Gasteiger partial charge in [0.05, 0.1) is 11.4 Å². The molecule has 2 rings (SSSR count). The zero-order valence-electron chi connectivity index (χ0n) is 14.7. The molecule has 25 heavy (non-hydrogen) atoms. The molecule has 8 heteroatoms. The van der Waals surface area contributed by atoms with E-state index in [0.717, 1.165) is 22.8 Å². The van der Waals surface area contributed by atoms with Crippen molar-refractivity contribution in [3.63, 3.8) is 0 Å². The summed E-state index contributed by atoms with van der Waals surface area (Å²) in [6.45, 7) is 3.46. The molecule has 7 nitrogen and oxygen atoms in total. The van der Waals surface area contributed by atoms with Crippen LogP contribution >= 0.6 is 0 Å². The monoisotopic (exact) mass is 367 g/mol. The number of sulfonamides is 1. The van der Waals surface area contributed by atoms with Crippen LogP contribution in [0.25, 0.3) is 0 Å². The summed E-state index contributed by atoms with van der Waals surface area (Å²) in [5, 5.41) is 2.70. The van der Waals surface area contributed by atoms with Gasteiger partial charge < -0.3 is 10.2 Å². The van der Waals surface area contributed by atoms with Crippen LogP contribution in [0.4, 0.5) is 0 Å². The maximum absolute atomic E-state index is 12.4. The number of carbonyl (C=O) groups excluding carboxylic acids is 2. The predicted molar refractivity (Wildman–Crippen MR) is 94.4 cm³/mol. The smallest absolute Gasteiger partial charge is 0.243 e. The van der Waals surface area contributed by atoms with Gasteiger partial charge in [0, 0.05) is 33.1 Å². The van der Waals surface area contributed by atoms with Crippen LogP contribution in [0.15, 0.2) is 29.2 Å². The molecule has 1 heterocycles. The highest BCUT2D eigenvalue weighted by Gasteiger charge is 2.23. The minimum absolute atomic E-state index is 0.162. The second-order valence-electron chi connectivity index (χ2n) is 6.26. The number of aryl methyl sites for hydroxylation is 1. The maximum Gasteiger partial charge on any atom is 0.243 e. The van der Waals surface area contributed by atoms with E-state index >= 15 is 0 Å². The number of amides is 2. The Morgan fingerprint density at radius 3 is 2.56 bits per heavy atom. The van der Waals surface area contributed by atoms with E-state index in [0.29, 0.717) is 25.9 Å². The highest BCUT2D eigenvalue weighted by atomic mass is 32.2. The molecule has 1 saturated heterocycles. The first kappa shape index (κ1) is 19.4. The van der Waals surface area contributed by atoms with Gasteiger partial charge in [-0.2, -0.15) is 4.31 Å². The average molecular weight is 367 g/mol. The normalized spacial score (nSPS) is 15.0. The minimum Gasteiger partial charge on any atom is -0.355 e. The summed E-state index contributed by atoms with van der Waals surface area (Å²) < 4.78 is 25.9. The zero-order valence-corrected chi connectivity index (χ0v) is 15.5. The summed E-state index contributed by atoms with van der Waals surface area (Å²) in [6.07, 6.45) is 2.16. The van der Waals surface area contributed by atoms with Gasteiger partial charge in [-0.15, -0.1) is 0 Å². The van der Waals surface area contributed by atoms with Gasteiger partial charge in [0.15, 0.2) is 0 Å². The van der Waals surface area contributed by atoms with Crippen LogP contribution in [0, 0.1) is 6.92 Å². The van der Waals surface area contributed by atoms with Crippen molar-refractivity contribution >= 4 is 21.8 Å². The number of rotatable bonds is 8. The highest BCUT2D eigenvalue weighted by Crippen LogP contribution is 2.14. The Labute approximate surface area is 149 Å². The Balaban J connectivity index is 1.77. The molecule has 1 aliphatic rings. The van der Waals surface area contributed by atoms with Crippen molar-refractivity contribution in [1.29, 1.82) is 0 Å². The van der Waals surface area contributed by atoms with Gasteiger partial charge in [-0.3, -0.25) is 9.59 Å². The van der Waals surface area contributed by atoms with E-state index in [1.807, 2.05) is 6.92 Å². The Hall–Kier alpha value is -1.93. The average Bonchev–Trinajstić information content (AvgIpc) is 2.97. The van der Waals surface area contributed by atoms with Crippen LogP contribution in [-0.4, -0.2) is 62.7 Å². The van der Waals surface area contributed by atoms with E-state index in [4.69, 9.17) is 0 Å². The third kappa shape index (κ3) is 5.27. The largest absolute Gasteiger partial charge is 0.355 e. The van der Waals surface area contributed by atoms with Crippen LogP contribution in [0.2, 0.25) is 0 Å². The van der Waals surface area contributed by atoms with E-state index in [1.54, 1.807) is 17.0 Å². The van der Waals surface area contributed by atoms with Crippen LogP contribution in [0.3, 0.4) is 0 Å². The van der Waals surface area contributed by atoms with E-state index in [2.05, 4.69) is 5.32 Å². The molecule has 1 aromatic carbocycles. The van der Waals surface area contributed by atoms with Crippen LogP contribution in [0.5, 0.6) is 0 Å². The van der Waals surface area contributed by atoms with Crippen LogP contribution in [0.1, 0.15) is 24.8 Å².